The Morgan fingerprint density at radius 3 is 1.47 bits per heavy atom. The van der Waals surface area contributed by atoms with Gasteiger partial charge < -0.3 is 0 Å². The Labute approximate surface area is 180 Å². The van der Waals surface area contributed by atoms with Gasteiger partial charge in [0.2, 0.25) is 11.8 Å². The summed E-state index contributed by atoms with van der Waals surface area (Å²) in [6.07, 6.45) is 14.6. The average Bonchev–Trinajstić information content (AvgIpc) is 2.68. The fraction of sp³-hybridized carbons (Fsp3) is 0.905. The number of hydroxylamine groups is 2. The summed E-state index contributed by atoms with van der Waals surface area (Å²) in [5, 5.41) is 0. The van der Waals surface area contributed by atoms with Crippen LogP contribution in [0.3, 0.4) is 0 Å². The van der Waals surface area contributed by atoms with Crippen molar-refractivity contribution >= 4 is 19.6 Å². The van der Waals surface area contributed by atoms with Gasteiger partial charge >= 0.3 is 7.82 Å². The van der Waals surface area contributed by atoms with Gasteiger partial charge in [0.15, 0.2) is 0 Å². The molecule has 0 aromatic carbocycles. The molecule has 174 valence electrons. The predicted molar refractivity (Wildman–Crippen MR) is 114 cm³/mol. The molecular formula is C21H39N2O6P. The fourth-order valence-electron chi connectivity index (χ4n) is 4.08. The summed E-state index contributed by atoms with van der Waals surface area (Å²) in [6.45, 7) is 1.97. The first-order valence-corrected chi connectivity index (χ1v) is 13.2. The van der Waals surface area contributed by atoms with Crippen LogP contribution in [0.1, 0.15) is 103 Å². The van der Waals surface area contributed by atoms with Gasteiger partial charge in [-0.3, -0.25) is 14.1 Å². The molecule has 2 amide bonds. The van der Waals surface area contributed by atoms with E-state index in [9.17, 15) is 14.2 Å². The first-order chi connectivity index (χ1) is 14.5. The van der Waals surface area contributed by atoms with Crippen LogP contribution in [-0.2, 0) is 27.9 Å². The molecule has 2 fully saturated rings. The molecule has 2 saturated carbocycles. The molecule has 0 atom stereocenters. The third-order valence-corrected chi connectivity index (χ3v) is 7.05. The monoisotopic (exact) mass is 446 g/mol. The molecular weight excluding hydrogens is 407 g/mol. The van der Waals surface area contributed by atoms with E-state index < -0.39 is 7.82 Å². The minimum atomic E-state index is -4.15. The lowest BCUT2D eigenvalue weighted by Crippen LogP contribution is -2.34. The van der Waals surface area contributed by atoms with Gasteiger partial charge in [0.25, 0.3) is 0 Å². The molecule has 0 bridgehead atoms. The quantitative estimate of drug-likeness (QED) is 0.366. The van der Waals surface area contributed by atoms with E-state index in [1.165, 1.54) is 12.8 Å². The van der Waals surface area contributed by atoms with E-state index in [2.05, 4.69) is 11.0 Å². The van der Waals surface area contributed by atoms with Crippen molar-refractivity contribution in [2.24, 2.45) is 11.8 Å². The largest absolute Gasteiger partial charge is 0.517 e. The fourth-order valence-corrected chi connectivity index (χ4v) is 5.03. The lowest BCUT2D eigenvalue weighted by atomic mass is 9.91. The van der Waals surface area contributed by atoms with Crippen LogP contribution in [0, 0.1) is 11.8 Å². The number of hydrogen-bond donors (Lipinski definition) is 2. The first-order valence-electron chi connectivity index (χ1n) is 11.8. The van der Waals surface area contributed by atoms with Crippen LogP contribution in [0.25, 0.3) is 0 Å². The Kier molecular flexibility index (Phi) is 12.0. The van der Waals surface area contributed by atoms with Crippen molar-refractivity contribution < 1.29 is 27.9 Å². The van der Waals surface area contributed by atoms with Crippen LogP contribution in [0.5, 0.6) is 0 Å². The Hall–Kier alpha value is -0.950. The summed E-state index contributed by atoms with van der Waals surface area (Å²) in [4.78, 5) is 25.0. The second-order valence-corrected chi connectivity index (χ2v) is 10.00. The minimum absolute atomic E-state index is 0.121. The topological polar surface area (TPSA) is 103 Å². The summed E-state index contributed by atoms with van der Waals surface area (Å²) < 4.78 is 28.3. The zero-order valence-electron chi connectivity index (χ0n) is 18.4. The Morgan fingerprint density at radius 1 is 0.733 bits per heavy atom. The number of rotatable bonds is 9. The molecule has 2 N–H and O–H groups in total. The average molecular weight is 447 g/mol. The van der Waals surface area contributed by atoms with Crippen molar-refractivity contribution in [1.29, 1.82) is 0 Å². The van der Waals surface area contributed by atoms with Crippen LogP contribution in [-0.4, -0.2) is 18.4 Å². The zero-order valence-corrected chi connectivity index (χ0v) is 19.3. The summed E-state index contributed by atoms with van der Waals surface area (Å²) in [6, 6.07) is 0. The lowest BCUT2D eigenvalue weighted by Gasteiger charge is -2.22. The van der Waals surface area contributed by atoms with E-state index in [1.807, 2.05) is 6.92 Å². The van der Waals surface area contributed by atoms with E-state index in [0.717, 1.165) is 77.0 Å². The second kappa shape index (κ2) is 14.2. The van der Waals surface area contributed by atoms with Crippen LogP contribution in [0.15, 0.2) is 0 Å². The van der Waals surface area contributed by atoms with Crippen molar-refractivity contribution in [3.63, 3.8) is 0 Å². The van der Waals surface area contributed by atoms with Crippen LogP contribution < -0.4 is 11.0 Å². The predicted octanol–water partition coefficient (Wildman–Crippen LogP) is 5.34. The maximum Gasteiger partial charge on any atom is 0.517 e. The highest BCUT2D eigenvalue weighted by molar-refractivity contribution is 7.48. The molecule has 0 unspecified atom stereocenters. The number of nitrogens with one attached hydrogen (secondary N) is 2. The molecule has 2 aliphatic carbocycles. The van der Waals surface area contributed by atoms with Gasteiger partial charge in [0.05, 0.1) is 6.61 Å². The molecule has 0 heterocycles. The zero-order chi connectivity index (χ0) is 21.7. The highest BCUT2D eigenvalue weighted by Gasteiger charge is 2.32. The SMILES string of the molecule is CCCOP(=O)(ONC(=O)C1CCCCCCC1)ONC(=O)C1CCCCCCC1. The lowest BCUT2D eigenvalue weighted by molar-refractivity contribution is -0.137. The number of hydrogen-bond acceptors (Lipinski definition) is 6. The van der Waals surface area contributed by atoms with Gasteiger partial charge in [-0.2, -0.15) is 9.25 Å². The highest BCUT2D eigenvalue weighted by Crippen LogP contribution is 2.47. The first kappa shape index (κ1) is 25.3. The smallest absolute Gasteiger partial charge is 0.284 e. The number of amides is 2. The standard InChI is InChI=1S/C21H39N2O6P/c1-2-17-27-30(26,28-22-20(24)18-13-9-5-3-6-10-14-18)29-23-21(25)19-15-11-7-4-8-12-16-19/h18-19H,2-17H2,1H3,(H,22,24)(H,23,25). The van der Waals surface area contributed by atoms with Crippen molar-refractivity contribution in [3.8, 4) is 0 Å². The van der Waals surface area contributed by atoms with E-state index in [1.54, 1.807) is 0 Å². The molecule has 0 aromatic heterocycles. The molecule has 0 saturated heterocycles. The van der Waals surface area contributed by atoms with Crippen LogP contribution in [0.4, 0.5) is 0 Å². The van der Waals surface area contributed by atoms with Gasteiger partial charge in [-0.1, -0.05) is 71.1 Å². The number of carbonyl (C=O) groups excluding carboxylic acids is 2. The Morgan fingerprint density at radius 2 is 1.10 bits per heavy atom. The van der Waals surface area contributed by atoms with Crippen molar-refractivity contribution in [2.75, 3.05) is 6.61 Å². The van der Waals surface area contributed by atoms with Crippen molar-refractivity contribution in [2.45, 2.75) is 103 Å². The van der Waals surface area contributed by atoms with Gasteiger partial charge in [0.1, 0.15) is 0 Å². The Bertz CT molecular complexity index is 516. The van der Waals surface area contributed by atoms with Gasteiger partial charge in [0, 0.05) is 11.8 Å². The summed E-state index contributed by atoms with van der Waals surface area (Å²) in [5.74, 6) is -0.969. The third kappa shape index (κ3) is 9.46. The van der Waals surface area contributed by atoms with E-state index in [-0.39, 0.29) is 30.3 Å². The molecule has 8 nitrogen and oxygen atoms in total. The van der Waals surface area contributed by atoms with Crippen molar-refractivity contribution in [3.05, 3.63) is 0 Å². The molecule has 0 spiro atoms. The highest BCUT2D eigenvalue weighted by atomic mass is 31.2. The molecule has 9 heteroatoms. The maximum absolute atomic E-state index is 12.9. The van der Waals surface area contributed by atoms with Crippen molar-refractivity contribution in [1.82, 2.24) is 11.0 Å². The molecule has 30 heavy (non-hydrogen) atoms. The number of carbonyl (C=O) groups is 2. The van der Waals surface area contributed by atoms with Gasteiger partial charge in [-0.15, -0.1) is 0 Å². The molecule has 2 aliphatic rings. The van der Waals surface area contributed by atoms with E-state index in [0.29, 0.717) is 6.42 Å². The van der Waals surface area contributed by atoms with E-state index >= 15 is 0 Å². The van der Waals surface area contributed by atoms with Crippen LogP contribution >= 0.6 is 7.82 Å². The molecule has 0 radical (unpaired) electrons. The molecule has 0 aliphatic heterocycles. The summed E-state index contributed by atoms with van der Waals surface area (Å²) in [5.41, 5.74) is 4.54. The molecule has 2 rings (SSSR count). The maximum atomic E-state index is 12.9. The molecule has 0 aromatic rings. The normalized spacial score (nSPS) is 20.4. The number of phosphoric acid groups is 1. The summed E-state index contributed by atoms with van der Waals surface area (Å²) in [7, 11) is -4.15. The summed E-state index contributed by atoms with van der Waals surface area (Å²) >= 11 is 0. The van der Waals surface area contributed by atoms with Gasteiger partial charge in [-0.25, -0.2) is 15.5 Å². The third-order valence-electron chi connectivity index (χ3n) is 5.92. The minimum Gasteiger partial charge on any atom is -0.284 e. The van der Waals surface area contributed by atoms with Crippen LogP contribution in [0.2, 0.25) is 0 Å². The van der Waals surface area contributed by atoms with Gasteiger partial charge in [-0.05, 0) is 32.1 Å². The Balaban J connectivity index is 1.85. The second-order valence-electron chi connectivity index (χ2n) is 8.48. The van der Waals surface area contributed by atoms with E-state index in [4.69, 9.17) is 13.8 Å².